The van der Waals surface area contributed by atoms with E-state index < -0.39 is 17.9 Å². The molecule has 8 heteroatoms. The molecule has 0 aromatic heterocycles. The molecule has 0 radical (unpaired) electrons. The van der Waals surface area contributed by atoms with Crippen molar-refractivity contribution in [3.05, 3.63) is 101 Å². The topological polar surface area (TPSA) is 92.5 Å². The van der Waals surface area contributed by atoms with Crippen LogP contribution in [0.5, 0.6) is 0 Å². The van der Waals surface area contributed by atoms with Crippen LogP contribution < -0.4 is 16.0 Å². The van der Waals surface area contributed by atoms with Crippen molar-refractivity contribution in [2.75, 3.05) is 18.5 Å². The van der Waals surface area contributed by atoms with E-state index in [0.717, 1.165) is 5.56 Å². The molecular weight excluding hydrogens is 506 g/mol. The third kappa shape index (κ3) is 7.25. The monoisotopic (exact) mass is 529 g/mol. The van der Waals surface area contributed by atoms with E-state index in [2.05, 4.69) is 5.32 Å². The number of hydrogen-bond donors (Lipinski definition) is 2. The van der Waals surface area contributed by atoms with Crippen LogP contribution in [0.25, 0.3) is 0 Å². The van der Waals surface area contributed by atoms with Crippen LogP contribution in [0.2, 0.25) is 5.02 Å². The standard InChI is InChI=1S/C25H24ClN3O3.BrH/c1-29(16-23(30)28-25(32)21(27)14-17-8-4-2-5-9-17)22-13-12-19(26)15-20(22)24(31)18-10-6-3-7-11-18;/h2-13,15,21H,14,16,27H2,1H3,(H,28,30,32);1H/t21-;/m0./s1. The van der Waals surface area contributed by atoms with E-state index in [1.54, 1.807) is 54.4 Å². The molecule has 3 rings (SSSR count). The van der Waals surface area contributed by atoms with Gasteiger partial charge in [0.05, 0.1) is 12.6 Å². The molecule has 172 valence electrons. The maximum atomic E-state index is 13.0. The van der Waals surface area contributed by atoms with Gasteiger partial charge in [0, 0.05) is 28.9 Å². The van der Waals surface area contributed by atoms with Gasteiger partial charge in [-0.3, -0.25) is 19.7 Å². The van der Waals surface area contributed by atoms with Gasteiger partial charge in [0.1, 0.15) is 0 Å². The van der Waals surface area contributed by atoms with Gasteiger partial charge in [0.25, 0.3) is 0 Å². The number of nitrogens with zero attached hydrogens (tertiary/aromatic N) is 1. The molecule has 1 atom stereocenters. The quantitative estimate of drug-likeness (QED) is 0.432. The van der Waals surface area contributed by atoms with Crippen molar-refractivity contribution in [1.29, 1.82) is 0 Å². The molecule has 2 amide bonds. The number of anilines is 1. The summed E-state index contributed by atoms with van der Waals surface area (Å²) in [7, 11) is 1.67. The van der Waals surface area contributed by atoms with E-state index in [-0.39, 0.29) is 29.3 Å². The van der Waals surface area contributed by atoms with Crippen molar-refractivity contribution in [1.82, 2.24) is 5.32 Å². The predicted molar refractivity (Wildman–Crippen MR) is 136 cm³/mol. The number of amides is 2. The van der Waals surface area contributed by atoms with E-state index in [1.807, 2.05) is 36.4 Å². The molecule has 3 N–H and O–H groups in total. The number of nitrogens with one attached hydrogen (secondary N) is 1. The second-order valence-electron chi connectivity index (χ2n) is 7.42. The molecule has 0 bridgehead atoms. The second-order valence-corrected chi connectivity index (χ2v) is 7.86. The van der Waals surface area contributed by atoms with E-state index in [1.165, 1.54) is 0 Å². The number of benzene rings is 3. The lowest BCUT2D eigenvalue weighted by molar-refractivity contribution is -0.130. The Morgan fingerprint density at radius 2 is 1.58 bits per heavy atom. The molecule has 6 nitrogen and oxygen atoms in total. The normalized spacial score (nSPS) is 11.1. The minimum absolute atomic E-state index is 0. The summed E-state index contributed by atoms with van der Waals surface area (Å²) in [5.41, 5.74) is 8.26. The maximum Gasteiger partial charge on any atom is 0.246 e. The van der Waals surface area contributed by atoms with Gasteiger partial charge in [0.15, 0.2) is 5.78 Å². The Morgan fingerprint density at radius 1 is 0.970 bits per heavy atom. The number of imide groups is 1. The average Bonchev–Trinajstić information content (AvgIpc) is 2.79. The number of rotatable bonds is 8. The van der Waals surface area contributed by atoms with Gasteiger partial charge in [-0.2, -0.15) is 0 Å². The van der Waals surface area contributed by atoms with E-state index in [4.69, 9.17) is 17.3 Å². The Labute approximate surface area is 208 Å². The highest BCUT2D eigenvalue weighted by Crippen LogP contribution is 2.26. The van der Waals surface area contributed by atoms with Crippen LogP contribution >= 0.6 is 28.6 Å². The number of carbonyl (C=O) groups excluding carboxylic acids is 3. The fourth-order valence-corrected chi connectivity index (χ4v) is 3.47. The number of carbonyl (C=O) groups is 3. The van der Waals surface area contributed by atoms with Gasteiger partial charge in [-0.05, 0) is 30.2 Å². The van der Waals surface area contributed by atoms with Crippen LogP contribution in [0.3, 0.4) is 0 Å². The SMILES string of the molecule is Br.CN(CC(=O)NC(=O)[C@@H](N)Cc1ccccc1)c1ccc(Cl)cc1C(=O)c1ccccc1. The van der Waals surface area contributed by atoms with Crippen molar-refractivity contribution in [3.63, 3.8) is 0 Å². The first-order valence-corrected chi connectivity index (χ1v) is 10.5. The Kier molecular flexibility index (Phi) is 9.78. The molecule has 0 unspecified atom stereocenters. The summed E-state index contributed by atoms with van der Waals surface area (Å²) < 4.78 is 0. The molecule has 0 saturated carbocycles. The first kappa shape index (κ1) is 26.3. The summed E-state index contributed by atoms with van der Waals surface area (Å²) >= 11 is 6.12. The molecule has 0 aliphatic rings. The highest BCUT2D eigenvalue weighted by molar-refractivity contribution is 8.93. The summed E-state index contributed by atoms with van der Waals surface area (Å²) in [6.07, 6.45) is 0.322. The minimum Gasteiger partial charge on any atom is -0.365 e. The van der Waals surface area contributed by atoms with Crippen LogP contribution in [0.1, 0.15) is 21.5 Å². The fraction of sp³-hybridized carbons (Fsp3) is 0.160. The van der Waals surface area contributed by atoms with Crippen LogP contribution in [0.15, 0.2) is 78.9 Å². The van der Waals surface area contributed by atoms with Gasteiger partial charge in [0.2, 0.25) is 11.8 Å². The molecular formula is C25H25BrClN3O3. The Bertz CT molecular complexity index is 1110. The summed E-state index contributed by atoms with van der Waals surface area (Å²) in [5, 5.41) is 2.75. The van der Waals surface area contributed by atoms with Crippen LogP contribution in [0.4, 0.5) is 5.69 Å². The van der Waals surface area contributed by atoms with Crippen molar-refractivity contribution in [2.45, 2.75) is 12.5 Å². The molecule has 0 aliphatic carbocycles. The van der Waals surface area contributed by atoms with Crippen LogP contribution in [-0.2, 0) is 16.0 Å². The van der Waals surface area contributed by atoms with Crippen LogP contribution in [-0.4, -0.2) is 37.2 Å². The Balaban J connectivity index is 0.00000385. The first-order valence-electron chi connectivity index (χ1n) is 10.1. The lowest BCUT2D eigenvalue weighted by Gasteiger charge is -2.22. The summed E-state index contributed by atoms with van der Waals surface area (Å²) in [4.78, 5) is 39.4. The highest BCUT2D eigenvalue weighted by atomic mass is 79.9. The largest absolute Gasteiger partial charge is 0.365 e. The zero-order valence-electron chi connectivity index (χ0n) is 18.0. The van der Waals surface area contributed by atoms with E-state index >= 15 is 0 Å². The molecule has 0 aliphatic heterocycles. The summed E-state index contributed by atoms with van der Waals surface area (Å²) in [5.74, 6) is -1.28. The van der Waals surface area contributed by atoms with Gasteiger partial charge >= 0.3 is 0 Å². The van der Waals surface area contributed by atoms with Crippen LogP contribution in [0, 0.1) is 0 Å². The third-order valence-electron chi connectivity index (χ3n) is 4.93. The van der Waals surface area contributed by atoms with E-state index in [0.29, 0.717) is 28.3 Å². The number of halogens is 2. The summed E-state index contributed by atoms with van der Waals surface area (Å²) in [6, 6.07) is 22.2. The molecule has 33 heavy (non-hydrogen) atoms. The molecule has 3 aromatic rings. The maximum absolute atomic E-state index is 13.0. The molecule has 0 heterocycles. The fourth-order valence-electron chi connectivity index (χ4n) is 3.30. The molecule has 0 saturated heterocycles. The Hall–Kier alpha value is -3.00. The smallest absolute Gasteiger partial charge is 0.246 e. The van der Waals surface area contributed by atoms with Crippen molar-refractivity contribution in [3.8, 4) is 0 Å². The van der Waals surface area contributed by atoms with Gasteiger partial charge in [-0.25, -0.2) is 0 Å². The first-order chi connectivity index (χ1) is 15.3. The lowest BCUT2D eigenvalue weighted by atomic mass is 10.0. The van der Waals surface area contributed by atoms with Gasteiger partial charge in [-0.1, -0.05) is 72.3 Å². The molecule has 3 aromatic carbocycles. The van der Waals surface area contributed by atoms with Gasteiger partial charge < -0.3 is 10.6 Å². The van der Waals surface area contributed by atoms with Crippen molar-refractivity contribution in [2.24, 2.45) is 5.73 Å². The molecule has 0 spiro atoms. The minimum atomic E-state index is -0.850. The number of likely N-dealkylation sites (N-methyl/N-ethyl adjacent to an activating group) is 1. The predicted octanol–water partition coefficient (Wildman–Crippen LogP) is 3.80. The van der Waals surface area contributed by atoms with E-state index in [9.17, 15) is 14.4 Å². The zero-order chi connectivity index (χ0) is 23.1. The second kappa shape index (κ2) is 12.3. The Morgan fingerprint density at radius 3 is 2.21 bits per heavy atom. The number of nitrogens with two attached hydrogens (primary N) is 1. The highest BCUT2D eigenvalue weighted by Gasteiger charge is 2.21. The number of ketones is 1. The van der Waals surface area contributed by atoms with Crippen molar-refractivity contribution >= 4 is 51.9 Å². The number of hydrogen-bond acceptors (Lipinski definition) is 5. The lowest BCUT2D eigenvalue weighted by Crippen LogP contribution is -2.47. The molecule has 0 fully saturated rings. The average molecular weight is 531 g/mol. The van der Waals surface area contributed by atoms with Crippen molar-refractivity contribution < 1.29 is 14.4 Å². The summed E-state index contributed by atoms with van der Waals surface area (Å²) in [6.45, 7) is -0.138. The van der Waals surface area contributed by atoms with Gasteiger partial charge in [-0.15, -0.1) is 17.0 Å². The third-order valence-corrected chi connectivity index (χ3v) is 5.16. The zero-order valence-corrected chi connectivity index (χ0v) is 20.5.